The molecule has 0 saturated carbocycles. The highest BCUT2D eigenvalue weighted by molar-refractivity contribution is 5.96. The number of hydrogen-bond donors (Lipinski definition) is 2. The molecule has 5 amide bonds. The van der Waals surface area contributed by atoms with Gasteiger partial charge in [0.2, 0.25) is 0 Å². The fraction of sp³-hybridized carbons (Fsp3) is 0.318. The number of nitrogens with zero attached hydrogens (tertiary/aromatic N) is 3. The molecule has 0 radical (unpaired) electrons. The van der Waals surface area contributed by atoms with E-state index in [4.69, 9.17) is 0 Å². The molecule has 9 heteroatoms. The third-order valence-electron chi connectivity index (χ3n) is 5.54. The Labute approximate surface area is 179 Å². The third-order valence-corrected chi connectivity index (χ3v) is 5.54. The van der Waals surface area contributed by atoms with Gasteiger partial charge < -0.3 is 20.4 Å². The summed E-state index contributed by atoms with van der Waals surface area (Å²) in [6.45, 7) is 4.31. The molecule has 2 aliphatic rings. The molecular formula is C22H24FN5O3. The number of amides is 5. The number of piperazine rings is 1. The first-order valence-corrected chi connectivity index (χ1v) is 10.2. The Kier molecular flexibility index (Phi) is 5.75. The number of halogens is 1. The second kappa shape index (κ2) is 8.63. The van der Waals surface area contributed by atoms with Crippen LogP contribution in [0.15, 0.2) is 42.5 Å². The minimum absolute atomic E-state index is 0.155. The van der Waals surface area contributed by atoms with Crippen molar-refractivity contribution in [3.05, 3.63) is 59.4 Å². The monoisotopic (exact) mass is 425 g/mol. The molecule has 31 heavy (non-hydrogen) atoms. The van der Waals surface area contributed by atoms with E-state index in [9.17, 15) is 18.8 Å². The minimum atomic E-state index is -0.405. The lowest BCUT2D eigenvalue weighted by molar-refractivity contribution is 0.0671. The van der Waals surface area contributed by atoms with Gasteiger partial charge in [0.25, 0.3) is 5.91 Å². The number of rotatable bonds is 3. The molecule has 0 spiro atoms. The minimum Gasteiger partial charge on any atom is -0.336 e. The van der Waals surface area contributed by atoms with Crippen molar-refractivity contribution >= 4 is 29.3 Å². The molecule has 0 bridgehead atoms. The molecule has 2 aromatic rings. The number of aryl methyl sites for hydroxylation is 1. The number of hydrogen-bond acceptors (Lipinski definition) is 3. The Hall–Kier alpha value is -3.62. The Morgan fingerprint density at radius 2 is 1.74 bits per heavy atom. The van der Waals surface area contributed by atoms with Gasteiger partial charge in [0.05, 0.1) is 0 Å². The quantitative estimate of drug-likeness (QED) is 0.793. The molecule has 2 fully saturated rings. The van der Waals surface area contributed by atoms with Crippen LogP contribution in [0.3, 0.4) is 0 Å². The fourth-order valence-electron chi connectivity index (χ4n) is 3.69. The average Bonchev–Trinajstić information content (AvgIpc) is 3.21. The van der Waals surface area contributed by atoms with Gasteiger partial charge in [-0.25, -0.2) is 14.0 Å². The first-order valence-electron chi connectivity index (χ1n) is 10.2. The summed E-state index contributed by atoms with van der Waals surface area (Å²) < 4.78 is 13.8. The van der Waals surface area contributed by atoms with E-state index in [1.165, 1.54) is 6.07 Å². The summed E-state index contributed by atoms with van der Waals surface area (Å²) in [5.74, 6) is -0.645. The Bertz CT molecular complexity index is 1020. The zero-order valence-corrected chi connectivity index (χ0v) is 17.2. The lowest BCUT2D eigenvalue weighted by Crippen LogP contribution is -2.51. The summed E-state index contributed by atoms with van der Waals surface area (Å²) >= 11 is 0. The van der Waals surface area contributed by atoms with Crippen LogP contribution in [0.1, 0.15) is 15.9 Å². The van der Waals surface area contributed by atoms with Crippen molar-refractivity contribution in [3.63, 3.8) is 0 Å². The molecule has 0 aliphatic carbocycles. The summed E-state index contributed by atoms with van der Waals surface area (Å²) in [4.78, 5) is 42.0. The van der Waals surface area contributed by atoms with Crippen LogP contribution in [0.5, 0.6) is 0 Å². The summed E-state index contributed by atoms with van der Waals surface area (Å²) in [5.41, 5.74) is 2.11. The highest BCUT2D eigenvalue weighted by atomic mass is 19.1. The van der Waals surface area contributed by atoms with Crippen LogP contribution in [0.4, 0.5) is 25.4 Å². The number of carbonyl (C=O) groups is 3. The molecule has 2 N–H and O–H groups in total. The first-order chi connectivity index (χ1) is 14.9. The molecular weight excluding hydrogens is 401 g/mol. The van der Waals surface area contributed by atoms with Crippen LogP contribution in [-0.4, -0.2) is 67.0 Å². The Morgan fingerprint density at radius 3 is 2.42 bits per heavy atom. The number of nitrogens with one attached hydrogen (secondary N) is 2. The molecule has 0 aromatic heterocycles. The zero-order chi connectivity index (χ0) is 22.0. The van der Waals surface area contributed by atoms with Gasteiger partial charge in [-0.3, -0.25) is 9.69 Å². The van der Waals surface area contributed by atoms with Gasteiger partial charge in [-0.15, -0.1) is 0 Å². The lowest BCUT2D eigenvalue weighted by Gasteiger charge is -2.34. The highest BCUT2D eigenvalue weighted by Crippen LogP contribution is 2.21. The maximum Gasteiger partial charge on any atom is 0.321 e. The smallest absolute Gasteiger partial charge is 0.321 e. The van der Waals surface area contributed by atoms with Gasteiger partial charge in [0.1, 0.15) is 5.82 Å². The number of benzene rings is 2. The normalized spacial score (nSPS) is 16.3. The standard InChI is InChI=1S/C22H24FN5O3/c1-15-5-6-16(13-19(15)23)20(29)26-9-11-27(12-10-26)22(31)25-17-3-2-4-18(14-17)28-8-7-24-21(28)30/h2-6,13-14H,7-12H2,1H3,(H,24,30)(H,25,31). The van der Waals surface area contributed by atoms with E-state index < -0.39 is 5.82 Å². The topological polar surface area (TPSA) is 85.0 Å². The molecule has 8 nitrogen and oxygen atoms in total. The lowest BCUT2D eigenvalue weighted by atomic mass is 10.1. The van der Waals surface area contributed by atoms with E-state index in [0.717, 1.165) is 0 Å². The molecule has 4 rings (SSSR count). The molecule has 2 aliphatic heterocycles. The van der Waals surface area contributed by atoms with Crippen molar-refractivity contribution < 1.29 is 18.8 Å². The summed E-state index contributed by atoms with van der Waals surface area (Å²) in [6, 6.07) is 11.2. The van der Waals surface area contributed by atoms with Crippen LogP contribution in [0, 0.1) is 12.7 Å². The van der Waals surface area contributed by atoms with Crippen LogP contribution in [0.2, 0.25) is 0 Å². The molecule has 2 aromatic carbocycles. The van der Waals surface area contributed by atoms with E-state index in [1.807, 2.05) is 6.07 Å². The summed E-state index contributed by atoms with van der Waals surface area (Å²) in [5, 5.41) is 5.60. The SMILES string of the molecule is Cc1ccc(C(=O)N2CCN(C(=O)Nc3cccc(N4CCNC4=O)c3)CC2)cc1F. The van der Waals surface area contributed by atoms with E-state index in [-0.39, 0.29) is 18.0 Å². The van der Waals surface area contributed by atoms with Crippen molar-refractivity contribution in [1.82, 2.24) is 15.1 Å². The van der Waals surface area contributed by atoms with Gasteiger partial charge >= 0.3 is 12.1 Å². The van der Waals surface area contributed by atoms with Gasteiger partial charge in [-0.05, 0) is 42.8 Å². The highest BCUT2D eigenvalue weighted by Gasteiger charge is 2.26. The second-order valence-electron chi connectivity index (χ2n) is 7.61. The van der Waals surface area contributed by atoms with Gasteiger partial charge in [-0.2, -0.15) is 0 Å². The van der Waals surface area contributed by atoms with Gasteiger partial charge in [-0.1, -0.05) is 12.1 Å². The molecule has 0 unspecified atom stereocenters. The molecule has 162 valence electrons. The summed E-state index contributed by atoms with van der Waals surface area (Å²) in [7, 11) is 0. The van der Waals surface area contributed by atoms with E-state index in [2.05, 4.69) is 10.6 Å². The molecule has 2 saturated heterocycles. The van der Waals surface area contributed by atoms with Crippen molar-refractivity contribution in [2.45, 2.75) is 6.92 Å². The average molecular weight is 425 g/mol. The second-order valence-corrected chi connectivity index (χ2v) is 7.61. The van der Waals surface area contributed by atoms with Crippen molar-refractivity contribution in [2.75, 3.05) is 49.5 Å². The van der Waals surface area contributed by atoms with Crippen molar-refractivity contribution in [3.8, 4) is 0 Å². The number of carbonyl (C=O) groups excluding carboxylic acids is 3. The maximum atomic E-state index is 13.8. The predicted octanol–water partition coefficient (Wildman–Crippen LogP) is 2.65. The third kappa shape index (κ3) is 4.45. The van der Waals surface area contributed by atoms with Crippen LogP contribution in [-0.2, 0) is 0 Å². The van der Waals surface area contributed by atoms with Gasteiger partial charge in [0.15, 0.2) is 0 Å². The number of anilines is 2. The van der Waals surface area contributed by atoms with E-state index in [0.29, 0.717) is 61.8 Å². The number of urea groups is 2. The molecule has 0 atom stereocenters. The zero-order valence-electron chi connectivity index (χ0n) is 17.2. The molecule has 2 heterocycles. The fourth-order valence-corrected chi connectivity index (χ4v) is 3.69. The van der Waals surface area contributed by atoms with E-state index >= 15 is 0 Å². The van der Waals surface area contributed by atoms with Crippen molar-refractivity contribution in [1.29, 1.82) is 0 Å². The largest absolute Gasteiger partial charge is 0.336 e. The van der Waals surface area contributed by atoms with Crippen LogP contribution >= 0.6 is 0 Å². The van der Waals surface area contributed by atoms with Crippen molar-refractivity contribution in [2.24, 2.45) is 0 Å². The van der Waals surface area contributed by atoms with Gasteiger partial charge in [0, 0.05) is 56.2 Å². The van der Waals surface area contributed by atoms with Crippen LogP contribution in [0.25, 0.3) is 0 Å². The maximum absolute atomic E-state index is 13.8. The Morgan fingerprint density at radius 1 is 1.00 bits per heavy atom. The predicted molar refractivity (Wildman–Crippen MR) is 115 cm³/mol. The van der Waals surface area contributed by atoms with E-state index in [1.54, 1.807) is 52.0 Å². The first kappa shape index (κ1) is 20.6. The Balaban J connectivity index is 1.34. The van der Waals surface area contributed by atoms with Crippen LogP contribution < -0.4 is 15.5 Å². The summed E-state index contributed by atoms with van der Waals surface area (Å²) in [6.07, 6.45) is 0.